The topological polar surface area (TPSA) is 41.5 Å². The number of ether oxygens (including phenoxy) is 1. The zero-order valence-corrected chi connectivity index (χ0v) is 13.1. The molecule has 3 rings (SSSR count). The van der Waals surface area contributed by atoms with E-state index in [1.807, 2.05) is 54.6 Å². The number of rotatable bonds is 6. The summed E-state index contributed by atoms with van der Waals surface area (Å²) >= 11 is 0. The van der Waals surface area contributed by atoms with E-state index in [-0.39, 0.29) is 5.75 Å². The Morgan fingerprint density at radius 1 is 0.875 bits per heavy atom. The minimum Gasteiger partial charge on any atom is -0.505 e. The van der Waals surface area contributed by atoms with E-state index in [2.05, 4.69) is 5.32 Å². The Labute approximate surface area is 140 Å². The second-order valence-electron chi connectivity index (χ2n) is 5.44. The molecule has 24 heavy (non-hydrogen) atoms. The molecule has 0 spiro atoms. The lowest BCUT2D eigenvalue weighted by molar-refractivity contribution is 0.306. The maximum Gasteiger partial charge on any atom is 0.166 e. The molecule has 0 radical (unpaired) electrons. The number of halogens is 1. The highest BCUT2D eigenvalue weighted by atomic mass is 19.1. The van der Waals surface area contributed by atoms with E-state index in [1.165, 1.54) is 12.1 Å². The third-order valence-corrected chi connectivity index (χ3v) is 3.59. The summed E-state index contributed by atoms with van der Waals surface area (Å²) < 4.78 is 19.1. The molecule has 0 bridgehead atoms. The van der Waals surface area contributed by atoms with Crippen molar-refractivity contribution < 1.29 is 14.2 Å². The molecule has 0 heterocycles. The summed E-state index contributed by atoms with van der Waals surface area (Å²) in [6.45, 7) is 1.05. The third kappa shape index (κ3) is 4.26. The molecule has 0 aromatic heterocycles. The lowest BCUT2D eigenvalue weighted by atomic mass is 10.2. The predicted octanol–water partition coefficient (Wildman–Crippen LogP) is 4.72. The van der Waals surface area contributed by atoms with Gasteiger partial charge in [-0.15, -0.1) is 0 Å². The SMILES string of the molecule is Oc1ccc(NCc2cccc(OCc3ccccc3)c2)cc1F. The zero-order valence-electron chi connectivity index (χ0n) is 13.1. The molecule has 3 nitrogen and oxygen atoms in total. The number of aromatic hydroxyl groups is 1. The first-order valence-corrected chi connectivity index (χ1v) is 7.69. The van der Waals surface area contributed by atoms with E-state index < -0.39 is 5.82 Å². The van der Waals surface area contributed by atoms with Gasteiger partial charge in [-0.25, -0.2) is 4.39 Å². The van der Waals surface area contributed by atoms with Crippen molar-refractivity contribution >= 4 is 5.69 Å². The van der Waals surface area contributed by atoms with Crippen LogP contribution < -0.4 is 10.1 Å². The number of benzene rings is 3. The van der Waals surface area contributed by atoms with Gasteiger partial charge in [-0.1, -0.05) is 42.5 Å². The van der Waals surface area contributed by atoms with Crippen molar-refractivity contribution in [1.82, 2.24) is 0 Å². The minimum absolute atomic E-state index is 0.350. The van der Waals surface area contributed by atoms with Gasteiger partial charge in [-0.2, -0.15) is 0 Å². The highest BCUT2D eigenvalue weighted by Crippen LogP contribution is 2.21. The molecule has 4 heteroatoms. The number of phenolic OH excluding ortho intramolecular Hbond substituents is 1. The summed E-state index contributed by atoms with van der Waals surface area (Å²) in [5, 5.41) is 12.3. The van der Waals surface area contributed by atoms with Crippen LogP contribution in [0.3, 0.4) is 0 Å². The van der Waals surface area contributed by atoms with E-state index in [0.29, 0.717) is 18.8 Å². The standard InChI is InChI=1S/C20H18FNO2/c21-19-12-17(9-10-20(19)23)22-13-16-7-4-8-18(11-16)24-14-15-5-2-1-3-6-15/h1-12,22-23H,13-14H2. The average Bonchev–Trinajstić information content (AvgIpc) is 2.62. The number of hydrogen-bond acceptors (Lipinski definition) is 3. The van der Waals surface area contributed by atoms with Crippen molar-refractivity contribution in [1.29, 1.82) is 0 Å². The van der Waals surface area contributed by atoms with E-state index in [9.17, 15) is 9.50 Å². The largest absolute Gasteiger partial charge is 0.505 e. The molecule has 3 aromatic rings. The third-order valence-electron chi connectivity index (χ3n) is 3.59. The van der Waals surface area contributed by atoms with Gasteiger partial charge in [0.1, 0.15) is 12.4 Å². The molecule has 0 saturated heterocycles. The Balaban J connectivity index is 1.59. The van der Waals surface area contributed by atoms with Crippen molar-refractivity contribution in [3.63, 3.8) is 0 Å². The Kier molecular flexibility index (Phi) is 4.96. The van der Waals surface area contributed by atoms with Crippen LogP contribution in [0.5, 0.6) is 11.5 Å². The highest BCUT2D eigenvalue weighted by molar-refractivity contribution is 5.47. The molecule has 0 amide bonds. The van der Waals surface area contributed by atoms with Crippen LogP contribution in [0.15, 0.2) is 72.8 Å². The highest BCUT2D eigenvalue weighted by Gasteiger charge is 2.02. The van der Waals surface area contributed by atoms with Crippen LogP contribution in [0.1, 0.15) is 11.1 Å². The molecule has 122 valence electrons. The van der Waals surface area contributed by atoms with Crippen molar-refractivity contribution in [2.75, 3.05) is 5.32 Å². The lowest BCUT2D eigenvalue weighted by Gasteiger charge is -2.10. The van der Waals surface area contributed by atoms with Gasteiger partial charge < -0.3 is 15.2 Å². The fourth-order valence-electron chi connectivity index (χ4n) is 2.31. The maximum atomic E-state index is 13.3. The fraction of sp³-hybridized carbons (Fsp3) is 0.100. The quantitative estimate of drug-likeness (QED) is 0.645. The molecule has 0 aliphatic heterocycles. The van der Waals surface area contributed by atoms with E-state index in [4.69, 9.17) is 4.74 Å². The van der Waals surface area contributed by atoms with Crippen molar-refractivity contribution in [2.24, 2.45) is 0 Å². The lowest BCUT2D eigenvalue weighted by Crippen LogP contribution is -2.01. The molecule has 0 aliphatic carbocycles. The van der Waals surface area contributed by atoms with Crippen LogP contribution in [-0.2, 0) is 13.2 Å². The van der Waals surface area contributed by atoms with Gasteiger partial charge in [-0.05, 0) is 35.4 Å². The van der Waals surface area contributed by atoms with Crippen LogP contribution in [0, 0.1) is 5.82 Å². The fourth-order valence-corrected chi connectivity index (χ4v) is 2.31. The zero-order chi connectivity index (χ0) is 16.8. The molecule has 0 fully saturated rings. The first-order valence-electron chi connectivity index (χ1n) is 7.69. The Hall–Kier alpha value is -3.01. The Morgan fingerprint density at radius 2 is 1.67 bits per heavy atom. The summed E-state index contributed by atoms with van der Waals surface area (Å²) in [6.07, 6.45) is 0. The average molecular weight is 323 g/mol. The van der Waals surface area contributed by atoms with Gasteiger partial charge in [-0.3, -0.25) is 0 Å². The normalized spacial score (nSPS) is 10.4. The van der Waals surface area contributed by atoms with Crippen LogP contribution in [0.4, 0.5) is 10.1 Å². The van der Waals surface area contributed by atoms with E-state index in [0.717, 1.165) is 16.9 Å². The number of nitrogens with one attached hydrogen (secondary N) is 1. The molecule has 0 aliphatic rings. The van der Waals surface area contributed by atoms with Crippen molar-refractivity contribution in [3.05, 3.63) is 89.7 Å². The van der Waals surface area contributed by atoms with Gasteiger partial charge >= 0.3 is 0 Å². The smallest absolute Gasteiger partial charge is 0.166 e. The summed E-state index contributed by atoms with van der Waals surface area (Å²) in [6, 6.07) is 22.0. The predicted molar refractivity (Wildman–Crippen MR) is 92.6 cm³/mol. The van der Waals surface area contributed by atoms with Gasteiger partial charge in [0.25, 0.3) is 0 Å². The number of anilines is 1. The number of phenols is 1. The van der Waals surface area contributed by atoms with Gasteiger partial charge in [0.15, 0.2) is 11.6 Å². The summed E-state index contributed by atoms with van der Waals surface area (Å²) in [4.78, 5) is 0. The van der Waals surface area contributed by atoms with Gasteiger partial charge in [0, 0.05) is 18.3 Å². The van der Waals surface area contributed by atoms with Crippen LogP contribution >= 0.6 is 0 Å². The molecule has 2 N–H and O–H groups in total. The van der Waals surface area contributed by atoms with E-state index >= 15 is 0 Å². The van der Waals surface area contributed by atoms with Gasteiger partial charge in [0.2, 0.25) is 0 Å². The molecule has 0 atom stereocenters. The summed E-state index contributed by atoms with van der Waals surface area (Å²) in [5.41, 5.74) is 2.75. The first kappa shape index (κ1) is 15.9. The Morgan fingerprint density at radius 3 is 2.46 bits per heavy atom. The second kappa shape index (κ2) is 7.51. The van der Waals surface area contributed by atoms with Crippen LogP contribution in [0.2, 0.25) is 0 Å². The second-order valence-corrected chi connectivity index (χ2v) is 5.44. The molecule has 3 aromatic carbocycles. The molecular formula is C20H18FNO2. The number of hydrogen-bond donors (Lipinski definition) is 2. The summed E-state index contributed by atoms with van der Waals surface area (Å²) in [5.74, 6) is -0.202. The first-order chi connectivity index (χ1) is 11.7. The van der Waals surface area contributed by atoms with Crippen LogP contribution in [0.25, 0.3) is 0 Å². The van der Waals surface area contributed by atoms with Gasteiger partial charge in [0.05, 0.1) is 0 Å². The maximum absolute atomic E-state index is 13.3. The monoisotopic (exact) mass is 323 g/mol. The van der Waals surface area contributed by atoms with Crippen LogP contribution in [-0.4, -0.2) is 5.11 Å². The van der Waals surface area contributed by atoms with Crippen molar-refractivity contribution in [2.45, 2.75) is 13.2 Å². The molecular weight excluding hydrogens is 305 g/mol. The molecule has 0 saturated carbocycles. The van der Waals surface area contributed by atoms with Crippen molar-refractivity contribution in [3.8, 4) is 11.5 Å². The molecule has 0 unspecified atom stereocenters. The Bertz CT molecular complexity index is 806. The summed E-state index contributed by atoms with van der Waals surface area (Å²) in [7, 11) is 0. The minimum atomic E-state index is -0.639. The van der Waals surface area contributed by atoms with E-state index in [1.54, 1.807) is 6.07 Å².